The summed E-state index contributed by atoms with van der Waals surface area (Å²) in [5.41, 5.74) is 0. The summed E-state index contributed by atoms with van der Waals surface area (Å²) in [6.07, 6.45) is 10.1. The molecule has 0 atom stereocenters. The van der Waals surface area contributed by atoms with Gasteiger partial charge >= 0.3 is 0 Å². The van der Waals surface area contributed by atoms with E-state index >= 15 is 0 Å². The molecule has 0 aromatic carbocycles. The van der Waals surface area contributed by atoms with E-state index < -0.39 is 0 Å². The molecule has 1 aromatic rings. The fraction of sp³-hybridized carbons (Fsp3) is 0.842. The second-order valence-electron chi connectivity index (χ2n) is 7.79. The first-order valence-electron chi connectivity index (χ1n) is 9.84. The van der Waals surface area contributed by atoms with Crippen LogP contribution in [-0.4, -0.2) is 57.6 Å². The second kappa shape index (κ2) is 15.2. The van der Waals surface area contributed by atoms with Crippen LogP contribution in [0.25, 0.3) is 0 Å². The molecule has 4 nitrogen and oxygen atoms in total. The minimum Gasteiger partial charge on any atom is -0.342 e. The molecule has 0 aliphatic carbocycles. The third-order valence-corrected chi connectivity index (χ3v) is 4.77. The Balaban J connectivity index is 0.00000625. The summed E-state index contributed by atoms with van der Waals surface area (Å²) in [6, 6.07) is 0. The maximum absolute atomic E-state index is 5.23. The Morgan fingerprint density at radius 2 is 1.31 bits per heavy atom. The number of rotatable bonds is 13. The van der Waals surface area contributed by atoms with E-state index in [1.807, 2.05) is 0 Å². The second-order valence-corrected chi connectivity index (χ2v) is 8.59. The first-order chi connectivity index (χ1) is 11.9. The fourth-order valence-corrected chi connectivity index (χ4v) is 3.36. The Labute approximate surface area is 192 Å². The van der Waals surface area contributed by atoms with Crippen molar-refractivity contribution in [1.29, 1.82) is 0 Å². The molecule has 0 bridgehead atoms. The van der Waals surface area contributed by atoms with Crippen LogP contribution in [0.2, 0.25) is 0 Å². The molecule has 2 N–H and O–H groups in total. The van der Waals surface area contributed by atoms with E-state index in [4.69, 9.17) is 24.4 Å². The van der Waals surface area contributed by atoms with Crippen molar-refractivity contribution >= 4 is 59.9 Å². The molecule has 1 radical (unpaired) electrons. The Morgan fingerprint density at radius 3 is 1.73 bits per heavy atom. The van der Waals surface area contributed by atoms with E-state index in [2.05, 4.69) is 47.5 Å². The van der Waals surface area contributed by atoms with Crippen molar-refractivity contribution < 1.29 is 0 Å². The van der Waals surface area contributed by atoms with Crippen molar-refractivity contribution in [3.8, 4) is 0 Å². The van der Waals surface area contributed by atoms with Crippen LogP contribution < -0.4 is 4.90 Å². The van der Waals surface area contributed by atoms with Crippen molar-refractivity contribution in [3.05, 3.63) is 9.54 Å². The number of hydrogen-bond donors (Lipinski definition) is 2. The number of hydrogen-bond acceptors (Lipinski definition) is 4. The molecule has 0 saturated carbocycles. The summed E-state index contributed by atoms with van der Waals surface area (Å²) in [5.74, 6) is 2.41. The molecule has 0 unspecified atom stereocenters. The third-order valence-electron chi connectivity index (χ3n) is 4.37. The summed E-state index contributed by atoms with van der Waals surface area (Å²) in [5, 5.41) is 0. The predicted octanol–water partition coefficient (Wildman–Crippen LogP) is 6.06. The van der Waals surface area contributed by atoms with Gasteiger partial charge in [-0.25, -0.2) is 0 Å². The summed E-state index contributed by atoms with van der Waals surface area (Å²) in [6.45, 7) is 11.2. The van der Waals surface area contributed by atoms with Gasteiger partial charge in [0.1, 0.15) is 0 Å². The molecule has 0 spiro atoms. The number of unbranched alkanes of at least 4 members (excludes halogenated alkanes) is 4. The zero-order valence-corrected chi connectivity index (χ0v) is 21.1. The topological polar surface area (TPSA) is 47.7 Å². The summed E-state index contributed by atoms with van der Waals surface area (Å²) in [4.78, 5) is 12.8. The molecule has 0 amide bonds. The number of aromatic amines is 2. The van der Waals surface area contributed by atoms with Gasteiger partial charge in [0.25, 0.3) is 0 Å². The Hall–Kier alpha value is 0.250. The van der Waals surface area contributed by atoms with Crippen LogP contribution in [0.1, 0.15) is 79.1 Å². The zero-order valence-electron chi connectivity index (χ0n) is 17.4. The SMILES string of the molecule is CC(C)CCCCCN(CCCCCC(C)C)c1nc(=S)[nH]c(=S)[nH]1.[Na]. The van der Waals surface area contributed by atoms with Gasteiger partial charge in [-0.3, -0.25) is 0 Å². The fourth-order valence-electron chi connectivity index (χ4n) is 2.92. The van der Waals surface area contributed by atoms with E-state index in [1.54, 1.807) is 0 Å². The van der Waals surface area contributed by atoms with Crippen molar-refractivity contribution in [2.45, 2.75) is 79.1 Å². The zero-order chi connectivity index (χ0) is 18.7. The largest absolute Gasteiger partial charge is 0.342 e. The molecule has 1 aromatic heterocycles. The number of anilines is 1. The van der Waals surface area contributed by atoms with Crippen LogP contribution in [0, 0.1) is 21.4 Å². The standard InChI is InChI=1S/C19H36N4S2.Na/c1-15(2)11-7-5-9-13-23(14-10-6-8-12-16(3)4)17-20-18(24)22-19(25)21-17;/h15-16H,5-14H2,1-4H3,(H2,20,21,22,24,25);. The van der Waals surface area contributed by atoms with E-state index in [0.29, 0.717) is 9.54 Å². The van der Waals surface area contributed by atoms with Crippen molar-refractivity contribution in [1.82, 2.24) is 15.0 Å². The molecule has 26 heavy (non-hydrogen) atoms. The average molecular weight is 408 g/mol. The van der Waals surface area contributed by atoms with Crippen molar-refractivity contribution in [2.24, 2.45) is 11.8 Å². The van der Waals surface area contributed by atoms with Gasteiger partial charge in [-0.15, -0.1) is 0 Å². The predicted molar refractivity (Wildman–Crippen MR) is 119 cm³/mol. The molecule has 0 saturated heterocycles. The van der Waals surface area contributed by atoms with Crippen LogP contribution in [-0.2, 0) is 0 Å². The van der Waals surface area contributed by atoms with Crippen LogP contribution in [0.4, 0.5) is 5.95 Å². The molecule has 145 valence electrons. The summed E-state index contributed by atoms with van der Waals surface area (Å²) < 4.78 is 1.02. The Morgan fingerprint density at radius 1 is 0.808 bits per heavy atom. The van der Waals surface area contributed by atoms with Crippen LogP contribution >= 0.6 is 24.4 Å². The Kier molecular flexibility index (Phi) is 15.4. The average Bonchev–Trinajstić information content (AvgIpc) is 2.50. The van der Waals surface area contributed by atoms with E-state index in [-0.39, 0.29) is 29.6 Å². The Bertz CT molecular complexity index is 537. The van der Waals surface area contributed by atoms with Gasteiger partial charge in [0, 0.05) is 42.6 Å². The summed E-state index contributed by atoms with van der Waals surface area (Å²) in [7, 11) is 0. The van der Waals surface area contributed by atoms with E-state index in [0.717, 1.165) is 30.9 Å². The minimum atomic E-state index is 0. The van der Waals surface area contributed by atoms with E-state index in [1.165, 1.54) is 51.4 Å². The molecule has 1 heterocycles. The maximum Gasteiger partial charge on any atom is 0.207 e. The number of nitrogens with one attached hydrogen (secondary N) is 2. The first kappa shape index (κ1) is 26.2. The maximum atomic E-state index is 5.23. The quantitative estimate of drug-likeness (QED) is 0.237. The number of aromatic nitrogens is 3. The van der Waals surface area contributed by atoms with Crippen molar-refractivity contribution in [3.63, 3.8) is 0 Å². The van der Waals surface area contributed by atoms with Gasteiger partial charge < -0.3 is 14.9 Å². The van der Waals surface area contributed by atoms with Crippen LogP contribution in [0.5, 0.6) is 0 Å². The third kappa shape index (κ3) is 12.6. The van der Waals surface area contributed by atoms with Gasteiger partial charge in [-0.2, -0.15) is 4.98 Å². The smallest absolute Gasteiger partial charge is 0.207 e. The molecule has 1 rings (SSSR count). The first-order valence-corrected chi connectivity index (χ1v) is 10.7. The molecular weight excluding hydrogens is 371 g/mol. The molecule has 0 fully saturated rings. The van der Waals surface area contributed by atoms with Gasteiger partial charge in [0.05, 0.1) is 0 Å². The monoisotopic (exact) mass is 407 g/mol. The summed E-state index contributed by atoms with van der Waals surface area (Å²) >= 11 is 10.4. The van der Waals surface area contributed by atoms with Crippen molar-refractivity contribution in [2.75, 3.05) is 18.0 Å². The molecule has 0 aliphatic heterocycles. The molecule has 7 heteroatoms. The van der Waals surface area contributed by atoms with Gasteiger partial charge in [-0.05, 0) is 49.1 Å². The number of nitrogens with zero attached hydrogens (tertiary/aromatic N) is 2. The van der Waals surface area contributed by atoms with Gasteiger partial charge in [0.15, 0.2) is 4.77 Å². The minimum absolute atomic E-state index is 0. The number of H-pyrrole nitrogens is 2. The van der Waals surface area contributed by atoms with Crippen LogP contribution in [0.3, 0.4) is 0 Å². The van der Waals surface area contributed by atoms with Gasteiger partial charge in [-0.1, -0.05) is 66.2 Å². The van der Waals surface area contributed by atoms with E-state index in [9.17, 15) is 0 Å². The molecule has 0 aliphatic rings. The molecular formula is C19H36N4NaS2. The van der Waals surface area contributed by atoms with Gasteiger partial charge in [0.2, 0.25) is 10.7 Å². The van der Waals surface area contributed by atoms with Crippen LogP contribution in [0.15, 0.2) is 0 Å². The normalized spacial score (nSPS) is 11.0.